The lowest BCUT2D eigenvalue weighted by atomic mass is 9.96. The molecule has 0 radical (unpaired) electrons. The van der Waals surface area contributed by atoms with E-state index < -0.39 is 5.60 Å². The van der Waals surface area contributed by atoms with E-state index >= 15 is 0 Å². The molecule has 3 rings (SSSR count). The highest BCUT2D eigenvalue weighted by Crippen LogP contribution is 2.20. The Morgan fingerprint density at radius 1 is 1.03 bits per heavy atom. The first-order chi connectivity index (χ1) is 15.2. The van der Waals surface area contributed by atoms with Crippen molar-refractivity contribution >= 4 is 12.1 Å². The monoisotopic (exact) mass is 445 g/mol. The van der Waals surface area contributed by atoms with Crippen molar-refractivity contribution in [3.8, 4) is 5.75 Å². The van der Waals surface area contributed by atoms with Gasteiger partial charge < -0.3 is 25.0 Å². The molecule has 0 aromatic heterocycles. The van der Waals surface area contributed by atoms with Gasteiger partial charge in [-0.3, -0.25) is 9.89 Å². The van der Waals surface area contributed by atoms with Gasteiger partial charge in [-0.25, -0.2) is 4.79 Å². The maximum Gasteiger partial charge on any atom is 0.410 e. The average Bonchev–Trinajstić information content (AvgIpc) is 2.78. The highest BCUT2D eigenvalue weighted by Gasteiger charge is 2.26. The van der Waals surface area contributed by atoms with Crippen LogP contribution in [0.25, 0.3) is 0 Å². The summed E-state index contributed by atoms with van der Waals surface area (Å²) in [4.78, 5) is 23.2. The molecule has 1 amide bonds. The number of likely N-dealkylation sites (tertiary alicyclic amines) is 1. The van der Waals surface area contributed by atoms with Crippen LogP contribution < -0.4 is 10.5 Å². The zero-order chi connectivity index (χ0) is 23.1. The number of amides is 1. The summed E-state index contributed by atoms with van der Waals surface area (Å²) in [7, 11) is 1.69. The van der Waals surface area contributed by atoms with Crippen molar-refractivity contribution in [3.05, 3.63) is 29.8 Å². The van der Waals surface area contributed by atoms with E-state index in [1.54, 1.807) is 12.0 Å². The fourth-order valence-corrected chi connectivity index (χ4v) is 4.08. The van der Waals surface area contributed by atoms with E-state index in [0.29, 0.717) is 38.1 Å². The van der Waals surface area contributed by atoms with E-state index in [-0.39, 0.29) is 6.09 Å². The molecule has 2 aliphatic rings. The molecular formula is C24H39N5O3. The van der Waals surface area contributed by atoms with E-state index in [9.17, 15) is 4.79 Å². The topological polar surface area (TPSA) is 83.6 Å². The normalized spacial score (nSPS) is 19.2. The standard InChI is InChI=1S/C24H39N5O3/c1-24(2,3)32-23(30)29-15-13-28(14-16-29)22(25)26-17-19-9-11-27(12-10-19)18-20-5-7-21(31-4)8-6-20/h5-8,19H,9-18H2,1-4H3,(H2,25,26). The lowest BCUT2D eigenvalue weighted by Gasteiger charge is -2.36. The zero-order valence-corrected chi connectivity index (χ0v) is 20.0. The Bertz CT molecular complexity index is 759. The summed E-state index contributed by atoms with van der Waals surface area (Å²) in [6, 6.07) is 8.32. The van der Waals surface area contributed by atoms with Gasteiger partial charge in [0.15, 0.2) is 5.96 Å². The predicted octanol–water partition coefficient (Wildman–Crippen LogP) is 2.77. The van der Waals surface area contributed by atoms with Gasteiger partial charge in [0.05, 0.1) is 7.11 Å². The van der Waals surface area contributed by atoms with Gasteiger partial charge in [0.1, 0.15) is 11.4 Å². The summed E-state index contributed by atoms with van der Waals surface area (Å²) in [6.07, 6.45) is 2.02. The van der Waals surface area contributed by atoms with Crippen molar-refractivity contribution in [1.29, 1.82) is 0 Å². The van der Waals surface area contributed by atoms with Crippen LogP contribution in [0.3, 0.4) is 0 Å². The first kappa shape index (κ1) is 24.2. The SMILES string of the molecule is COc1ccc(CN2CCC(CN=C(N)N3CCN(C(=O)OC(C)(C)C)CC3)CC2)cc1. The van der Waals surface area contributed by atoms with Crippen molar-refractivity contribution in [2.45, 2.75) is 45.8 Å². The maximum absolute atomic E-state index is 12.2. The summed E-state index contributed by atoms with van der Waals surface area (Å²) < 4.78 is 10.7. The van der Waals surface area contributed by atoms with E-state index in [0.717, 1.165) is 44.8 Å². The van der Waals surface area contributed by atoms with Gasteiger partial charge in [-0.15, -0.1) is 0 Å². The molecule has 0 atom stereocenters. The van der Waals surface area contributed by atoms with Crippen LogP contribution in [0.4, 0.5) is 4.79 Å². The number of methoxy groups -OCH3 is 1. The number of aliphatic imine (C=N–C) groups is 1. The number of guanidine groups is 1. The summed E-state index contributed by atoms with van der Waals surface area (Å²) in [5, 5.41) is 0. The number of ether oxygens (including phenoxy) is 2. The second-order valence-corrected chi connectivity index (χ2v) is 9.72. The first-order valence-electron chi connectivity index (χ1n) is 11.6. The van der Waals surface area contributed by atoms with Crippen LogP contribution >= 0.6 is 0 Å². The molecule has 178 valence electrons. The van der Waals surface area contributed by atoms with Gasteiger partial charge in [-0.2, -0.15) is 0 Å². The number of carbonyl (C=O) groups is 1. The van der Waals surface area contributed by atoms with Crippen LogP contribution in [-0.4, -0.2) is 85.3 Å². The number of piperazine rings is 1. The predicted molar refractivity (Wildman–Crippen MR) is 127 cm³/mol. The molecule has 32 heavy (non-hydrogen) atoms. The minimum absolute atomic E-state index is 0.255. The van der Waals surface area contributed by atoms with Crippen molar-refractivity contribution < 1.29 is 14.3 Å². The number of piperidine rings is 1. The van der Waals surface area contributed by atoms with E-state index in [1.807, 2.05) is 32.9 Å². The fraction of sp³-hybridized carbons (Fsp3) is 0.667. The van der Waals surface area contributed by atoms with Gasteiger partial charge >= 0.3 is 6.09 Å². The van der Waals surface area contributed by atoms with Crippen molar-refractivity contribution in [1.82, 2.24) is 14.7 Å². The van der Waals surface area contributed by atoms with Gasteiger partial charge in [-0.1, -0.05) is 12.1 Å². The third-order valence-electron chi connectivity index (χ3n) is 6.04. The van der Waals surface area contributed by atoms with Crippen molar-refractivity contribution in [2.75, 3.05) is 52.9 Å². The molecule has 1 aromatic rings. The van der Waals surface area contributed by atoms with Gasteiger partial charge in [0, 0.05) is 39.3 Å². The van der Waals surface area contributed by atoms with E-state index in [4.69, 9.17) is 15.2 Å². The molecule has 2 aliphatic heterocycles. The lowest BCUT2D eigenvalue weighted by Crippen LogP contribution is -2.53. The maximum atomic E-state index is 12.2. The van der Waals surface area contributed by atoms with Crippen LogP contribution in [0.15, 0.2) is 29.3 Å². The molecule has 0 spiro atoms. The molecule has 8 heteroatoms. The smallest absolute Gasteiger partial charge is 0.410 e. The largest absolute Gasteiger partial charge is 0.497 e. The minimum Gasteiger partial charge on any atom is -0.497 e. The molecule has 2 N–H and O–H groups in total. The van der Waals surface area contributed by atoms with Crippen molar-refractivity contribution in [2.24, 2.45) is 16.6 Å². The number of hydrogen-bond acceptors (Lipinski definition) is 5. The van der Waals surface area contributed by atoms with Gasteiger partial charge in [-0.05, 0) is 70.3 Å². The molecule has 2 heterocycles. The molecule has 0 aliphatic carbocycles. The molecule has 1 aromatic carbocycles. The second kappa shape index (κ2) is 10.9. The van der Waals surface area contributed by atoms with Crippen LogP contribution in [0, 0.1) is 5.92 Å². The van der Waals surface area contributed by atoms with E-state index in [1.165, 1.54) is 5.56 Å². The second-order valence-electron chi connectivity index (χ2n) is 9.72. The first-order valence-corrected chi connectivity index (χ1v) is 11.6. The Morgan fingerprint density at radius 2 is 1.62 bits per heavy atom. The highest BCUT2D eigenvalue weighted by molar-refractivity contribution is 5.78. The van der Waals surface area contributed by atoms with Crippen LogP contribution in [-0.2, 0) is 11.3 Å². The Balaban J connectivity index is 1.37. The summed E-state index contributed by atoms with van der Waals surface area (Å²) >= 11 is 0. The average molecular weight is 446 g/mol. The number of rotatable bonds is 5. The minimum atomic E-state index is -0.473. The lowest BCUT2D eigenvalue weighted by molar-refractivity contribution is 0.0186. The van der Waals surface area contributed by atoms with Crippen LogP contribution in [0.1, 0.15) is 39.2 Å². The third-order valence-corrected chi connectivity index (χ3v) is 6.04. The van der Waals surface area contributed by atoms with E-state index in [2.05, 4.69) is 26.9 Å². The van der Waals surface area contributed by atoms with Gasteiger partial charge in [0.25, 0.3) is 0 Å². The molecular weight excluding hydrogens is 406 g/mol. The Hall–Kier alpha value is -2.48. The molecule has 8 nitrogen and oxygen atoms in total. The molecule has 0 saturated carbocycles. The summed E-state index contributed by atoms with van der Waals surface area (Å²) in [6.45, 7) is 12.2. The number of nitrogens with zero attached hydrogens (tertiary/aromatic N) is 4. The number of hydrogen-bond donors (Lipinski definition) is 1. The molecule has 0 bridgehead atoms. The summed E-state index contributed by atoms with van der Waals surface area (Å²) in [5.74, 6) is 2.06. The quantitative estimate of drug-likeness (QED) is 0.554. The summed E-state index contributed by atoms with van der Waals surface area (Å²) in [5.41, 5.74) is 7.11. The molecule has 0 unspecified atom stereocenters. The fourth-order valence-electron chi connectivity index (χ4n) is 4.08. The highest BCUT2D eigenvalue weighted by atomic mass is 16.6. The number of benzene rings is 1. The number of nitrogens with two attached hydrogens (primary N) is 1. The molecule has 2 fully saturated rings. The Labute approximate surface area is 192 Å². The van der Waals surface area contributed by atoms with Crippen molar-refractivity contribution in [3.63, 3.8) is 0 Å². The molecule has 2 saturated heterocycles. The third kappa shape index (κ3) is 7.29. The number of carbonyl (C=O) groups excluding carboxylic acids is 1. The van der Waals surface area contributed by atoms with Crippen LogP contribution in [0.5, 0.6) is 5.75 Å². The van der Waals surface area contributed by atoms with Crippen LogP contribution in [0.2, 0.25) is 0 Å². The van der Waals surface area contributed by atoms with Gasteiger partial charge in [0.2, 0.25) is 0 Å². The Kier molecular flexibility index (Phi) is 8.23. The zero-order valence-electron chi connectivity index (χ0n) is 20.0. The Morgan fingerprint density at radius 3 is 2.19 bits per heavy atom.